The Kier molecular flexibility index (Phi) is 3.34. The van der Waals surface area contributed by atoms with Crippen molar-refractivity contribution in [3.05, 3.63) is 34.7 Å². The minimum absolute atomic E-state index is 0.0252. The first-order valence-electron chi connectivity index (χ1n) is 5.12. The van der Waals surface area contributed by atoms with Gasteiger partial charge in [0.15, 0.2) is 0 Å². The molecule has 0 amide bonds. The molecular weight excluding hydrogens is 259 g/mol. The molecule has 94 valence electrons. The van der Waals surface area contributed by atoms with E-state index in [9.17, 15) is 9.18 Å². The molecule has 18 heavy (non-hydrogen) atoms. The summed E-state index contributed by atoms with van der Waals surface area (Å²) >= 11 is 5.74. The lowest BCUT2D eigenvalue weighted by Gasteiger charge is -2.11. The van der Waals surface area contributed by atoms with E-state index in [4.69, 9.17) is 11.6 Å². The number of hydrogen-bond acceptors (Lipinski definition) is 4. The topological polar surface area (TPSA) is 51.2 Å². The van der Waals surface area contributed by atoms with Gasteiger partial charge >= 0.3 is 5.97 Å². The highest BCUT2D eigenvalue weighted by atomic mass is 35.5. The maximum absolute atomic E-state index is 13.3. The van der Waals surface area contributed by atoms with E-state index in [1.54, 1.807) is 7.05 Å². The molecule has 6 heteroatoms. The minimum Gasteiger partial charge on any atom is -0.465 e. The van der Waals surface area contributed by atoms with Crippen LogP contribution in [-0.4, -0.2) is 25.1 Å². The number of carbonyl (C=O) groups is 1. The standard InChI is InChI=1S/C12H10ClFN2O2/c1-15-11-6-3-8(13)9(14)4-10(6)16-5-7(11)12(17)18-2/h3-5H,1-2H3,(H,15,16). The zero-order valence-electron chi connectivity index (χ0n) is 9.75. The van der Waals surface area contributed by atoms with Crippen molar-refractivity contribution in [2.24, 2.45) is 0 Å². The zero-order valence-corrected chi connectivity index (χ0v) is 10.5. The molecule has 0 saturated heterocycles. The Morgan fingerprint density at radius 2 is 2.22 bits per heavy atom. The Balaban J connectivity index is 2.78. The van der Waals surface area contributed by atoms with E-state index in [0.717, 1.165) is 0 Å². The smallest absolute Gasteiger partial charge is 0.341 e. The maximum Gasteiger partial charge on any atom is 0.341 e. The number of fused-ring (bicyclic) bond motifs is 1. The predicted molar refractivity (Wildman–Crippen MR) is 67.6 cm³/mol. The van der Waals surface area contributed by atoms with Crippen LogP contribution in [0.5, 0.6) is 0 Å². The van der Waals surface area contributed by atoms with Crippen LogP contribution in [0.3, 0.4) is 0 Å². The van der Waals surface area contributed by atoms with E-state index >= 15 is 0 Å². The summed E-state index contributed by atoms with van der Waals surface area (Å²) in [5.41, 5.74) is 1.19. The molecule has 0 unspecified atom stereocenters. The molecular formula is C12H10ClFN2O2. The zero-order chi connectivity index (χ0) is 13.3. The molecule has 1 aromatic carbocycles. The van der Waals surface area contributed by atoms with Gasteiger partial charge in [0.1, 0.15) is 11.4 Å². The largest absolute Gasteiger partial charge is 0.465 e. The lowest BCUT2D eigenvalue weighted by molar-refractivity contribution is 0.0601. The Morgan fingerprint density at radius 1 is 1.50 bits per heavy atom. The summed E-state index contributed by atoms with van der Waals surface area (Å²) < 4.78 is 18.0. The van der Waals surface area contributed by atoms with Crippen molar-refractivity contribution in [1.29, 1.82) is 0 Å². The van der Waals surface area contributed by atoms with Gasteiger partial charge in [0.05, 0.1) is 23.3 Å². The van der Waals surface area contributed by atoms with Crippen LogP contribution in [0.2, 0.25) is 5.02 Å². The van der Waals surface area contributed by atoms with E-state index in [1.807, 2.05) is 0 Å². The Bertz CT molecular complexity index is 631. The number of pyridine rings is 1. The van der Waals surface area contributed by atoms with Crippen LogP contribution < -0.4 is 5.32 Å². The summed E-state index contributed by atoms with van der Waals surface area (Å²) in [4.78, 5) is 15.6. The molecule has 2 rings (SSSR count). The first-order valence-corrected chi connectivity index (χ1v) is 5.50. The Hall–Kier alpha value is -1.88. The molecule has 0 radical (unpaired) electrons. The summed E-state index contributed by atoms with van der Waals surface area (Å²) in [6.07, 6.45) is 1.34. The normalized spacial score (nSPS) is 10.4. The van der Waals surface area contributed by atoms with Gasteiger partial charge in [0.2, 0.25) is 0 Å². The third-order valence-corrected chi connectivity index (χ3v) is 2.85. The minimum atomic E-state index is -0.551. The van der Waals surface area contributed by atoms with Crippen molar-refractivity contribution in [2.45, 2.75) is 0 Å². The van der Waals surface area contributed by atoms with Crippen molar-refractivity contribution in [3.8, 4) is 0 Å². The second-order valence-electron chi connectivity index (χ2n) is 3.57. The number of nitrogens with one attached hydrogen (secondary N) is 1. The number of nitrogens with zero attached hydrogens (tertiary/aromatic N) is 1. The first-order chi connectivity index (χ1) is 8.58. The second kappa shape index (κ2) is 4.78. The molecule has 1 N–H and O–H groups in total. The molecule has 1 aromatic heterocycles. The van der Waals surface area contributed by atoms with Gasteiger partial charge in [-0.1, -0.05) is 11.6 Å². The summed E-state index contributed by atoms with van der Waals surface area (Å²) in [7, 11) is 2.93. The van der Waals surface area contributed by atoms with Crippen LogP contribution in [0.15, 0.2) is 18.3 Å². The van der Waals surface area contributed by atoms with E-state index in [-0.39, 0.29) is 10.6 Å². The van der Waals surface area contributed by atoms with Gasteiger partial charge in [0.25, 0.3) is 0 Å². The van der Waals surface area contributed by atoms with E-state index in [0.29, 0.717) is 16.6 Å². The highest BCUT2D eigenvalue weighted by molar-refractivity contribution is 6.31. The lowest BCUT2D eigenvalue weighted by atomic mass is 10.1. The van der Waals surface area contributed by atoms with E-state index in [1.165, 1.54) is 25.4 Å². The average Bonchev–Trinajstić information content (AvgIpc) is 2.38. The number of rotatable bonds is 2. The van der Waals surface area contributed by atoms with Crippen molar-refractivity contribution in [1.82, 2.24) is 4.98 Å². The average molecular weight is 269 g/mol. The fourth-order valence-electron chi connectivity index (χ4n) is 1.72. The molecule has 0 aliphatic rings. The first kappa shape index (κ1) is 12.6. The Labute approximate surface area is 108 Å². The molecule has 0 atom stereocenters. The van der Waals surface area contributed by atoms with E-state index in [2.05, 4.69) is 15.0 Å². The summed E-state index contributed by atoms with van der Waals surface area (Å²) in [6, 6.07) is 2.65. The molecule has 4 nitrogen and oxygen atoms in total. The SMILES string of the molecule is CNc1c(C(=O)OC)cnc2cc(F)c(Cl)cc12. The number of methoxy groups -OCH3 is 1. The number of ether oxygens (including phenoxy) is 1. The van der Waals surface area contributed by atoms with Crippen molar-refractivity contribution in [3.63, 3.8) is 0 Å². The van der Waals surface area contributed by atoms with Crippen LogP contribution in [0.1, 0.15) is 10.4 Å². The van der Waals surface area contributed by atoms with Crippen LogP contribution in [-0.2, 0) is 4.74 Å². The van der Waals surface area contributed by atoms with Gasteiger partial charge in [-0.25, -0.2) is 9.18 Å². The highest BCUT2D eigenvalue weighted by Crippen LogP contribution is 2.30. The molecule has 2 aromatic rings. The number of esters is 1. The van der Waals surface area contributed by atoms with Crippen molar-refractivity contribution >= 4 is 34.2 Å². The molecule has 0 saturated carbocycles. The van der Waals surface area contributed by atoms with Crippen molar-refractivity contribution in [2.75, 3.05) is 19.5 Å². The summed E-state index contributed by atoms with van der Waals surface area (Å²) in [5.74, 6) is -1.07. The number of hydrogen-bond donors (Lipinski definition) is 1. The third-order valence-electron chi connectivity index (χ3n) is 2.57. The monoisotopic (exact) mass is 268 g/mol. The fraction of sp³-hybridized carbons (Fsp3) is 0.167. The van der Waals surface area contributed by atoms with Crippen molar-refractivity contribution < 1.29 is 13.9 Å². The van der Waals surface area contributed by atoms with Crippen LogP contribution >= 0.6 is 11.6 Å². The third kappa shape index (κ3) is 1.97. The molecule has 0 spiro atoms. The number of aromatic nitrogens is 1. The Morgan fingerprint density at radius 3 is 2.83 bits per heavy atom. The number of benzene rings is 1. The van der Waals surface area contributed by atoms with E-state index < -0.39 is 11.8 Å². The summed E-state index contributed by atoms with van der Waals surface area (Å²) in [5, 5.41) is 3.42. The van der Waals surface area contributed by atoms with Gasteiger partial charge in [-0.3, -0.25) is 4.98 Å². The maximum atomic E-state index is 13.3. The quantitative estimate of drug-likeness (QED) is 0.851. The molecule has 1 heterocycles. The number of anilines is 1. The molecule has 0 aliphatic heterocycles. The van der Waals surface area contributed by atoms with Gasteiger partial charge in [-0.2, -0.15) is 0 Å². The van der Waals surface area contributed by atoms with Gasteiger partial charge < -0.3 is 10.1 Å². The second-order valence-corrected chi connectivity index (χ2v) is 3.98. The molecule has 0 fully saturated rings. The van der Waals surface area contributed by atoms with Gasteiger partial charge in [-0.05, 0) is 6.07 Å². The van der Waals surface area contributed by atoms with Crippen LogP contribution in [0.4, 0.5) is 10.1 Å². The van der Waals surface area contributed by atoms with Gasteiger partial charge in [0, 0.05) is 24.7 Å². The molecule has 0 aliphatic carbocycles. The summed E-state index contributed by atoms with van der Waals surface area (Å²) in [6.45, 7) is 0. The number of carbonyl (C=O) groups excluding carboxylic acids is 1. The predicted octanol–water partition coefficient (Wildman–Crippen LogP) is 2.86. The number of halogens is 2. The van der Waals surface area contributed by atoms with Crippen LogP contribution in [0, 0.1) is 5.82 Å². The molecule has 0 bridgehead atoms. The lowest BCUT2D eigenvalue weighted by Crippen LogP contribution is -2.07. The van der Waals surface area contributed by atoms with Crippen LogP contribution in [0.25, 0.3) is 10.9 Å². The fourth-order valence-corrected chi connectivity index (χ4v) is 1.88. The van der Waals surface area contributed by atoms with Gasteiger partial charge in [-0.15, -0.1) is 0 Å². The highest BCUT2D eigenvalue weighted by Gasteiger charge is 2.16.